The van der Waals surface area contributed by atoms with E-state index < -0.39 is 12.0 Å². The summed E-state index contributed by atoms with van der Waals surface area (Å²) in [5.41, 5.74) is 1.42. The molecule has 1 unspecified atom stereocenters. The van der Waals surface area contributed by atoms with Crippen molar-refractivity contribution in [1.29, 1.82) is 0 Å². The van der Waals surface area contributed by atoms with Gasteiger partial charge in [0.1, 0.15) is 0 Å². The van der Waals surface area contributed by atoms with Crippen molar-refractivity contribution in [3.63, 3.8) is 0 Å². The minimum Gasteiger partial charge on any atom is -0.479 e. The van der Waals surface area contributed by atoms with Crippen molar-refractivity contribution in [3.8, 4) is 0 Å². The number of amides is 1. The molecule has 1 amide bonds. The summed E-state index contributed by atoms with van der Waals surface area (Å²) < 4.78 is 0. The molecule has 1 aromatic rings. The van der Waals surface area contributed by atoms with Crippen molar-refractivity contribution in [3.05, 3.63) is 29.6 Å². The number of aromatic nitrogens is 1. The molecule has 1 fully saturated rings. The summed E-state index contributed by atoms with van der Waals surface area (Å²) in [5, 5.41) is 9.30. The van der Waals surface area contributed by atoms with Gasteiger partial charge in [-0.05, 0) is 31.4 Å². The molecule has 90 valence electrons. The molecule has 5 heteroatoms. The molecule has 1 atom stereocenters. The molecule has 0 saturated heterocycles. The number of carboxylic acid groups (broad SMARTS) is 1. The second kappa shape index (κ2) is 4.53. The van der Waals surface area contributed by atoms with E-state index in [2.05, 4.69) is 4.98 Å². The minimum absolute atomic E-state index is 0.0632. The number of rotatable bonds is 5. The first-order valence-corrected chi connectivity index (χ1v) is 5.51. The molecule has 5 nitrogen and oxygen atoms in total. The van der Waals surface area contributed by atoms with Crippen LogP contribution in [0.5, 0.6) is 0 Å². The van der Waals surface area contributed by atoms with Crippen molar-refractivity contribution in [1.82, 2.24) is 9.88 Å². The van der Waals surface area contributed by atoms with E-state index in [9.17, 15) is 14.7 Å². The van der Waals surface area contributed by atoms with Crippen LogP contribution in [0.25, 0.3) is 0 Å². The highest BCUT2D eigenvalue weighted by molar-refractivity contribution is 5.78. The van der Waals surface area contributed by atoms with E-state index in [4.69, 9.17) is 0 Å². The summed E-state index contributed by atoms with van der Waals surface area (Å²) >= 11 is 0. The highest BCUT2D eigenvalue weighted by Crippen LogP contribution is 2.34. The summed E-state index contributed by atoms with van der Waals surface area (Å²) in [6.07, 6.45) is 5.51. The Morgan fingerprint density at radius 1 is 1.65 bits per heavy atom. The van der Waals surface area contributed by atoms with E-state index in [1.807, 2.05) is 6.92 Å². The summed E-state index contributed by atoms with van der Waals surface area (Å²) in [7, 11) is 0. The fraction of sp³-hybridized carbons (Fsp3) is 0.417. The van der Waals surface area contributed by atoms with Gasteiger partial charge in [-0.25, -0.2) is 4.79 Å². The summed E-state index contributed by atoms with van der Waals surface area (Å²) in [6, 6.07) is 0.892. The van der Waals surface area contributed by atoms with Crippen LogP contribution in [0.15, 0.2) is 18.5 Å². The van der Waals surface area contributed by atoms with Crippen LogP contribution in [-0.4, -0.2) is 33.4 Å². The quantitative estimate of drug-likeness (QED) is 0.775. The van der Waals surface area contributed by atoms with Crippen LogP contribution < -0.4 is 0 Å². The van der Waals surface area contributed by atoms with Gasteiger partial charge in [0.15, 0.2) is 6.04 Å². The molecule has 1 heterocycles. The predicted octanol–water partition coefficient (Wildman–Crippen LogP) is 1.14. The number of nitrogens with zero attached hydrogens (tertiary/aromatic N) is 2. The largest absolute Gasteiger partial charge is 0.479 e. The number of pyridine rings is 1. The third-order valence-electron chi connectivity index (χ3n) is 3.00. The molecular formula is C12H14N2O3. The van der Waals surface area contributed by atoms with Gasteiger partial charge >= 0.3 is 5.97 Å². The average Bonchev–Trinajstić information content (AvgIpc) is 3.10. The standard InChI is InChI=1S/C12H14N2O3/c1-8-4-5-13-6-10(8)11(12(16)17)14(7-15)9-2-3-9/h4-7,9,11H,2-3H2,1H3,(H,16,17). The summed E-state index contributed by atoms with van der Waals surface area (Å²) in [5.74, 6) is -1.01. The fourth-order valence-corrected chi connectivity index (χ4v) is 1.91. The first kappa shape index (κ1) is 11.6. The Labute approximate surface area is 99.1 Å². The minimum atomic E-state index is -1.01. The van der Waals surface area contributed by atoms with Crippen molar-refractivity contribution >= 4 is 12.4 Å². The highest BCUT2D eigenvalue weighted by atomic mass is 16.4. The van der Waals surface area contributed by atoms with E-state index in [1.54, 1.807) is 12.3 Å². The maximum absolute atomic E-state index is 11.4. The number of aryl methyl sites for hydroxylation is 1. The van der Waals surface area contributed by atoms with Crippen LogP contribution in [0.1, 0.15) is 30.0 Å². The molecular weight excluding hydrogens is 220 g/mol. The molecule has 0 bridgehead atoms. The van der Waals surface area contributed by atoms with E-state index in [1.165, 1.54) is 11.1 Å². The van der Waals surface area contributed by atoms with Crippen LogP contribution in [0.2, 0.25) is 0 Å². The third kappa shape index (κ3) is 2.27. The van der Waals surface area contributed by atoms with Gasteiger partial charge in [0.05, 0.1) is 0 Å². The van der Waals surface area contributed by atoms with E-state index in [0.29, 0.717) is 12.0 Å². The second-order valence-electron chi connectivity index (χ2n) is 4.26. The van der Waals surface area contributed by atoms with E-state index in [0.717, 1.165) is 18.4 Å². The fourth-order valence-electron chi connectivity index (χ4n) is 1.91. The van der Waals surface area contributed by atoms with Crippen LogP contribution in [0.4, 0.5) is 0 Å². The zero-order valence-corrected chi connectivity index (χ0v) is 9.54. The van der Waals surface area contributed by atoms with Crippen molar-refractivity contribution in [2.24, 2.45) is 0 Å². The number of carbonyl (C=O) groups excluding carboxylic acids is 1. The van der Waals surface area contributed by atoms with Gasteiger partial charge in [-0.15, -0.1) is 0 Å². The number of carbonyl (C=O) groups is 2. The zero-order chi connectivity index (χ0) is 12.4. The van der Waals surface area contributed by atoms with Gasteiger partial charge in [-0.3, -0.25) is 9.78 Å². The van der Waals surface area contributed by atoms with Gasteiger partial charge in [-0.2, -0.15) is 0 Å². The first-order valence-electron chi connectivity index (χ1n) is 5.51. The lowest BCUT2D eigenvalue weighted by atomic mass is 10.0. The average molecular weight is 234 g/mol. The Kier molecular flexibility index (Phi) is 3.08. The lowest BCUT2D eigenvalue weighted by molar-refractivity contribution is -0.147. The first-order chi connectivity index (χ1) is 8.15. The van der Waals surface area contributed by atoms with Gasteiger partial charge in [0, 0.05) is 24.0 Å². The monoisotopic (exact) mass is 234 g/mol. The maximum atomic E-state index is 11.4. The molecule has 1 aliphatic rings. The zero-order valence-electron chi connectivity index (χ0n) is 9.54. The Morgan fingerprint density at radius 3 is 2.82 bits per heavy atom. The molecule has 17 heavy (non-hydrogen) atoms. The van der Waals surface area contributed by atoms with Gasteiger partial charge in [0.25, 0.3) is 0 Å². The van der Waals surface area contributed by atoms with E-state index >= 15 is 0 Å². The SMILES string of the molecule is Cc1ccncc1C(C(=O)O)N(C=O)C1CC1. The number of hydrogen-bond donors (Lipinski definition) is 1. The third-order valence-corrected chi connectivity index (χ3v) is 3.00. The number of carboxylic acids is 1. The topological polar surface area (TPSA) is 70.5 Å². The Bertz CT molecular complexity index is 443. The Morgan fingerprint density at radius 2 is 2.35 bits per heavy atom. The lowest BCUT2D eigenvalue weighted by Gasteiger charge is -2.25. The normalized spacial score (nSPS) is 16.3. The molecule has 0 spiro atoms. The van der Waals surface area contributed by atoms with Crippen LogP contribution in [0, 0.1) is 6.92 Å². The molecule has 1 aliphatic carbocycles. The lowest BCUT2D eigenvalue weighted by Crippen LogP contribution is -2.35. The molecule has 0 aromatic carbocycles. The van der Waals surface area contributed by atoms with Crippen LogP contribution >= 0.6 is 0 Å². The van der Waals surface area contributed by atoms with Gasteiger partial charge in [0.2, 0.25) is 6.41 Å². The molecule has 1 saturated carbocycles. The van der Waals surface area contributed by atoms with Crippen LogP contribution in [0.3, 0.4) is 0 Å². The highest BCUT2D eigenvalue weighted by Gasteiger charge is 2.38. The summed E-state index contributed by atoms with van der Waals surface area (Å²) in [4.78, 5) is 27.7. The number of aliphatic carboxylic acids is 1. The predicted molar refractivity (Wildman–Crippen MR) is 60.3 cm³/mol. The van der Waals surface area contributed by atoms with Crippen molar-refractivity contribution in [2.75, 3.05) is 0 Å². The number of hydrogen-bond acceptors (Lipinski definition) is 3. The molecule has 1 N–H and O–H groups in total. The molecule has 0 radical (unpaired) electrons. The van der Waals surface area contributed by atoms with Gasteiger partial charge < -0.3 is 10.0 Å². The Hall–Kier alpha value is -1.91. The van der Waals surface area contributed by atoms with Gasteiger partial charge in [-0.1, -0.05) is 0 Å². The second-order valence-corrected chi connectivity index (χ2v) is 4.26. The van der Waals surface area contributed by atoms with Crippen LogP contribution in [-0.2, 0) is 9.59 Å². The summed E-state index contributed by atoms with van der Waals surface area (Å²) in [6.45, 7) is 1.82. The van der Waals surface area contributed by atoms with Crippen molar-refractivity contribution in [2.45, 2.75) is 31.8 Å². The molecule has 0 aliphatic heterocycles. The molecule has 1 aromatic heterocycles. The molecule has 2 rings (SSSR count). The smallest absolute Gasteiger partial charge is 0.331 e. The maximum Gasteiger partial charge on any atom is 0.331 e. The van der Waals surface area contributed by atoms with E-state index in [-0.39, 0.29) is 6.04 Å². The van der Waals surface area contributed by atoms with Crippen molar-refractivity contribution < 1.29 is 14.7 Å². The Balaban J connectivity index is 2.37.